The van der Waals surface area contributed by atoms with E-state index < -0.39 is 17.9 Å². The summed E-state index contributed by atoms with van der Waals surface area (Å²) in [6, 6.07) is 16.7. The number of esters is 2. The van der Waals surface area contributed by atoms with Crippen LogP contribution in [0.1, 0.15) is 54.8 Å². The number of anilines is 1. The van der Waals surface area contributed by atoms with Crippen molar-refractivity contribution in [2.75, 3.05) is 19.5 Å². The molecule has 8 nitrogen and oxygen atoms in total. The lowest BCUT2D eigenvalue weighted by atomic mass is 10.0. The maximum Gasteiger partial charge on any atom is 0.339 e. The first-order valence-electron chi connectivity index (χ1n) is 10.3. The smallest absolute Gasteiger partial charge is 0.339 e. The fourth-order valence-electron chi connectivity index (χ4n) is 4.04. The molecule has 1 aromatic heterocycles. The summed E-state index contributed by atoms with van der Waals surface area (Å²) in [5, 5.41) is 2.75. The van der Waals surface area contributed by atoms with Gasteiger partial charge in [-0.2, -0.15) is 0 Å². The lowest BCUT2D eigenvalue weighted by molar-refractivity contribution is -0.117. The molecule has 0 spiro atoms. The number of hydrogen-bond donors (Lipinski definition) is 1. The molecule has 3 aromatic rings. The van der Waals surface area contributed by atoms with E-state index in [0.29, 0.717) is 24.2 Å². The summed E-state index contributed by atoms with van der Waals surface area (Å²) in [5.41, 5.74) is 2.27. The minimum absolute atomic E-state index is 0.110. The minimum Gasteiger partial charge on any atom is -0.465 e. The van der Waals surface area contributed by atoms with Gasteiger partial charge in [0.25, 0.3) is 0 Å². The van der Waals surface area contributed by atoms with Crippen LogP contribution in [0.25, 0.3) is 0 Å². The quantitative estimate of drug-likeness (QED) is 0.460. The monoisotopic (exact) mass is 446 g/mol. The Morgan fingerprint density at radius 3 is 2.30 bits per heavy atom. The van der Waals surface area contributed by atoms with Gasteiger partial charge in [-0.1, -0.05) is 30.3 Å². The highest BCUT2D eigenvalue weighted by Gasteiger charge is 2.32. The predicted octanol–water partition coefficient (Wildman–Crippen LogP) is 3.42. The Morgan fingerprint density at radius 2 is 1.61 bits per heavy atom. The van der Waals surface area contributed by atoms with Crippen LogP contribution in [-0.2, 0) is 20.8 Å². The van der Waals surface area contributed by atoms with E-state index in [2.05, 4.69) is 5.32 Å². The second kappa shape index (κ2) is 9.12. The van der Waals surface area contributed by atoms with Crippen LogP contribution in [0.5, 0.6) is 0 Å². The fourth-order valence-corrected chi connectivity index (χ4v) is 4.04. The molecule has 0 saturated heterocycles. The van der Waals surface area contributed by atoms with E-state index in [1.807, 2.05) is 10.6 Å². The first kappa shape index (κ1) is 22.0. The zero-order valence-corrected chi connectivity index (χ0v) is 18.2. The Morgan fingerprint density at radius 1 is 0.879 bits per heavy atom. The van der Waals surface area contributed by atoms with E-state index in [9.17, 15) is 19.2 Å². The highest BCUT2D eigenvalue weighted by atomic mass is 16.5. The summed E-state index contributed by atoms with van der Waals surface area (Å²) in [6.45, 7) is 0.514. The number of hydrogen-bond acceptors (Lipinski definition) is 6. The number of amides is 1. The molecule has 1 unspecified atom stereocenters. The van der Waals surface area contributed by atoms with Gasteiger partial charge >= 0.3 is 11.9 Å². The average molecular weight is 446 g/mol. The second-order valence-electron chi connectivity index (χ2n) is 7.56. The van der Waals surface area contributed by atoms with Crippen LogP contribution in [0.3, 0.4) is 0 Å². The molecule has 0 bridgehead atoms. The topological polar surface area (TPSA) is 104 Å². The van der Waals surface area contributed by atoms with Crippen LogP contribution in [0.2, 0.25) is 0 Å². The number of benzene rings is 2. The molecule has 1 atom stereocenters. The van der Waals surface area contributed by atoms with Gasteiger partial charge in [-0.05, 0) is 36.8 Å². The first-order valence-corrected chi connectivity index (χ1v) is 10.3. The van der Waals surface area contributed by atoms with Gasteiger partial charge in [0, 0.05) is 17.8 Å². The predicted molar refractivity (Wildman–Crippen MR) is 119 cm³/mol. The van der Waals surface area contributed by atoms with Crippen LogP contribution < -0.4 is 5.32 Å². The Hall–Kier alpha value is -4.20. The number of carbonyl (C=O) groups excluding carboxylic acids is 4. The van der Waals surface area contributed by atoms with E-state index in [-0.39, 0.29) is 28.5 Å². The van der Waals surface area contributed by atoms with Gasteiger partial charge < -0.3 is 19.4 Å². The van der Waals surface area contributed by atoms with Crippen molar-refractivity contribution in [2.45, 2.75) is 18.9 Å². The number of methoxy groups -OCH3 is 2. The van der Waals surface area contributed by atoms with Gasteiger partial charge in [-0.3, -0.25) is 9.59 Å². The zero-order valence-electron chi connectivity index (χ0n) is 18.2. The summed E-state index contributed by atoms with van der Waals surface area (Å²) >= 11 is 0. The van der Waals surface area contributed by atoms with Gasteiger partial charge in [0.1, 0.15) is 0 Å². The molecule has 8 heteroatoms. The number of ether oxygens (including phenoxy) is 2. The summed E-state index contributed by atoms with van der Waals surface area (Å²) in [6.07, 6.45) is 0.501. The normalized spacial score (nSPS) is 14.3. The van der Waals surface area contributed by atoms with Gasteiger partial charge in [0.2, 0.25) is 11.7 Å². The van der Waals surface area contributed by atoms with Crippen molar-refractivity contribution in [3.05, 3.63) is 88.7 Å². The standard InChI is InChI=1S/C25H22N2O6/c1-32-24(30)16-8-9-17(25(31)33-2)19(14-16)26-23(29)18-12-13-27-20(18)10-11-21(27)22(28)15-6-4-3-5-7-15/h3-11,14,18H,12-13H2,1-2H3,(H,26,29). The maximum atomic E-state index is 13.2. The molecule has 1 aliphatic heterocycles. The van der Waals surface area contributed by atoms with E-state index in [1.54, 1.807) is 36.4 Å². The molecule has 168 valence electrons. The van der Waals surface area contributed by atoms with Crippen molar-refractivity contribution in [1.82, 2.24) is 4.57 Å². The number of nitrogens with one attached hydrogen (secondary N) is 1. The molecule has 1 amide bonds. The van der Waals surface area contributed by atoms with Gasteiger partial charge in [0.05, 0.1) is 42.6 Å². The summed E-state index contributed by atoms with van der Waals surface area (Å²) < 4.78 is 11.4. The highest BCUT2D eigenvalue weighted by molar-refractivity contribution is 6.09. The highest BCUT2D eigenvalue weighted by Crippen LogP contribution is 2.33. The summed E-state index contributed by atoms with van der Waals surface area (Å²) in [4.78, 5) is 50.2. The van der Waals surface area contributed by atoms with Crippen molar-refractivity contribution in [2.24, 2.45) is 0 Å². The van der Waals surface area contributed by atoms with E-state index in [1.165, 1.54) is 32.4 Å². The van der Waals surface area contributed by atoms with Crippen LogP contribution >= 0.6 is 0 Å². The third-order valence-electron chi connectivity index (χ3n) is 5.70. The van der Waals surface area contributed by atoms with Gasteiger partial charge in [0.15, 0.2) is 0 Å². The number of aromatic nitrogens is 1. The second-order valence-corrected chi connectivity index (χ2v) is 7.56. The van der Waals surface area contributed by atoms with E-state index >= 15 is 0 Å². The fraction of sp³-hybridized carbons (Fsp3) is 0.200. The number of nitrogens with zero attached hydrogens (tertiary/aromatic N) is 1. The molecule has 4 rings (SSSR count). The molecule has 0 saturated carbocycles. The van der Waals surface area contributed by atoms with Crippen molar-refractivity contribution in [1.29, 1.82) is 0 Å². The lowest BCUT2D eigenvalue weighted by Gasteiger charge is -2.14. The van der Waals surface area contributed by atoms with Crippen LogP contribution in [0, 0.1) is 0 Å². The van der Waals surface area contributed by atoms with Crippen LogP contribution in [0.4, 0.5) is 5.69 Å². The number of rotatable bonds is 6. The Balaban J connectivity index is 1.61. The average Bonchev–Trinajstić information content (AvgIpc) is 3.45. The molecule has 1 N–H and O–H groups in total. The number of carbonyl (C=O) groups is 4. The Bertz CT molecular complexity index is 1250. The van der Waals surface area contributed by atoms with Crippen molar-refractivity contribution < 1.29 is 28.7 Å². The molecular weight excluding hydrogens is 424 g/mol. The third-order valence-corrected chi connectivity index (χ3v) is 5.70. The van der Waals surface area contributed by atoms with Crippen molar-refractivity contribution in [3.63, 3.8) is 0 Å². The van der Waals surface area contributed by atoms with Crippen LogP contribution in [0.15, 0.2) is 60.7 Å². The van der Waals surface area contributed by atoms with Crippen molar-refractivity contribution in [3.8, 4) is 0 Å². The Kier molecular flexibility index (Phi) is 6.08. The zero-order chi connectivity index (χ0) is 23.5. The molecule has 2 aromatic carbocycles. The third kappa shape index (κ3) is 4.15. The molecule has 0 radical (unpaired) electrons. The van der Waals surface area contributed by atoms with Gasteiger partial charge in [-0.15, -0.1) is 0 Å². The van der Waals surface area contributed by atoms with E-state index in [0.717, 1.165) is 5.69 Å². The molecule has 0 fully saturated rings. The van der Waals surface area contributed by atoms with Crippen LogP contribution in [-0.4, -0.2) is 42.4 Å². The SMILES string of the molecule is COC(=O)c1ccc(C(=O)OC)c(NC(=O)C2CCn3c(C(=O)c4ccccc4)ccc32)c1. The summed E-state index contributed by atoms with van der Waals surface area (Å²) in [7, 11) is 2.48. The first-order chi connectivity index (χ1) is 15.9. The molecule has 1 aliphatic rings. The van der Waals surface area contributed by atoms with E-state index in [4.69, 9.17) is 9.47 Å². The minimum atomic E-state index is -0.646. The number of ketones is 1. The maximum absolute atomic E-state index is 13.2. The molecule has 0 aliphatic carbocycles. The molecule has 2 heterocycles. The van der Waals surface area contributed by atoms with Crippen molar-refractivity contribution >= 4 is 29.3 Å². The number of fused-ring (bicyclic) bond motifs is 1. The Labute approximate surface area is 190 Å². The summed E-state index contributed by atoms with van der Waals surface area (Å²) in [5.74, 6) is -2.22. The molecular formula is C25H22N2O6. The molecule has 33 heavy (non-hydrogen) atoms. The van der Waals surface area contributed by atoms with Gasteiger partial charge in [-0.25, -0.2) is 9.59 Å². The largest absolute Gasteiger partial charge is 0.465 e. The lowest BCUT2D eigenvalue weighted by Crippen LogP contribution is -2.21.